The lowest BCUT2D eigenvalue weighted by Crippen LogP contribution is -2.37. The Bertz CT molecular complexity index is 384. The fraction of sp³-hybridized carbons (Fsp3) is 0.462. The molecular formula is C13H16F3NO. The molecule has 0 aliphatic heterocycles. The number of benzene rings is 1. The third-order valence-electron chi connectivity index (χ3n) is 2.52. The normalized spacial score (nSPS) is 11.3. The van der Waals surface area contributed by atoms with Gasteiger partial charge in [-0.05, 0) is 24.0 Å². The second-order valence-electron chi connectivity index (χ2n) is 4.07. The highest BCUT2D eigenvalue weighted by molar-refractivity contribution is 5.81. The minimum Gasteiger partial charge on any atom is -0.348 e. The lowest BCUT2D eigenvalue weighted by Gasteiger charge is -2.08. The molecule has 0 fully saturated rings. The second kappa shape index (κ2) is 6.42. The average molecular weight is 259 g/mol. The van der Waals surface area contributed by atoms with Crippen LogP contribution in [-0.4, -0.2) is 18.6 Å². The first-order valence-electron chi connectivity index (χ1n) is 5.86. The maximum Gasteiger partial charge on any atom is 0.471 e. The van der Waals surface area contributed by atoms with Crippen LogP contribution < -0.4 is 5.32 Å². The quantitative estimate of drug-likeness (QED) is 0.865. The van der Waals surface area contributed by atoms with Gasteiger partial charge in [-0.3, -0.25) is 4.79 Å². The van der Waals surface area contributed by atoms with Crippen LogP contribution in [0.1, 0.15) is 24.5 Å². The molecule has 2 nitrogen and oxygen atoms in total. The first-order valence-corrected chi connectivity index (χ1v) is 5.86. The first kappa shape index (κ1) is 14.5. The number of amides is 1. The fourth-order valence-electron chi connectivity index (χ4n) is 1.58. The lowest BCUT2D eigenvalue weighted by molar-refractivity contribution is -0.173. The van der Waals surface area contributed by atoms with Crippen molar-refractivity contribution in [2.75, 3.05) is 6.54 Å². The van der Waals surface area contributed by atoms with E-state index in [0.717, 1.165) is 18.4 Å². The highest BCUT2D eigenvalue weighted by atomic mass is 19.4. The molecule has 0 aliphatic carbocycles. The largest absolute Gasteiger partial charge is 0.471 e. The molecule has 5 heteroatoms. The molecule has 0 radical (unpaired) electrons. The smallest absolute Gasteiger partial charge is 0.348 e. The standard InChI is InChI=1S/C13H16F3NO/c1-2-3-10-4-6-11(7-5-10)8-9-17-12(18)13(14,15)16/h4-7H,2-3,8-9H2,1H3,(H,17,18). The van der Waals surface area contributed by atoms with Crippen LogP contribution in [0.25, 0.3) is 0 Å². The minimum atomic E-state index is -4.80. The van der Waals surface area contributed by atoms with E-state index in [1.54, 1.807) is 0 Å². The number of aryl methyl sites for hydroxylation is 1. The van der Waals surface area contributed by atoms with E-state index in [0.29, 0.717) is 6.42 Å². The highest BCUT2D eigenvalue weighted by Crippen LogP contribution is 2.14. The van der Waals surface area contributed by atoms with Crippen molar-refractivity contribution in [1.82, 2.24) is 5.32 Å². The molecule has 0 heterocycles. The number of hydrogen-bond donors (Lipinski definition) is 1. The zero-order valence-corrected chi connectivity index (χ0v) is 10.2. The van der Waals surface area contributed by atoms with Crippen molar-refractivity contribution in [1.29, 1.82) is 0 Å². The van der Waals surface area contributed by atoms with E-state index in [1.165, 1.54) is 5.56 Å². The zero-order valence-electron chi connectivity index (χ0n) is 10.2. The topological polar surface area (TPSA) is 29.1 Å². The van der Waals surface area contributed by atoms with Gasteiger partial charge < -0.3 is 5.32 Å². The third kappa shape index (κ3) is 4.77. The summed E-state index contributed by atoms with van der Waals surface area (Å²) >= 11 is 0. The monoisotopic (exact) mass is 259 g/mol. The Balaban J connectivity index is 2.38. The van der Waals surface area contributed by atoms with Crippen LogP contribution >= 0.6 is 0 Å². The lowest BCUT2D eigenvalue weighted by atomic mass is 10.1. The number of carbonyl (C=O) groups is 1. The van der Waals surface area contributed by atoms with Gasteiger partial charge in [0.15, 0.2) is 0 Å². The number of nitrogens with one attached hydrogen (secondary N) is 1. The average Bonchev–Trinajstić information content (AvgIpc) is 2.30. The molecule has 0 aliphatic rings. The van der Waals surface area contributed by atoms with Gasteiger partial charge in [0.1, 0.15) is 0 Å². The van der Waals surface area contributed by atoms with Crippen molar-refractivity contribution in [3.63, 3.8) is 0 Å². The fourth-order valence-corrected chi connectivity index (χ4v) is 1.58. The molecule has 0 saturated carbocycles. The van der Waals surface area contributed by atoms with E-state index < -0.39 is 12.1 Å². The molecule has 1 aromatic rings. The van der Waals surface area contributed by atoms with Crippen molar-refractivity contribution >= 4 is 5.91 Å². The summed E-state index contributed by atoms with van der Waals surface area (Å²) in [5.41, 5.74) is 2.12. The van der Waals surface area contributed by atoms with Gasteiger partial charge >= 0.3 is 12.1 Å². The molecule has 0 atom stereocenters. The van der Waals surface area contributed by atoms with Gasteiger partial charge in [0, 0.05) is 6.54 Å². The Hall–Kier alpha value is -1.52. The van der Waals surface area contributed by atoms with Crippen LogP contribution in [0.3, 0.4) is 0 Å². The first-order chi connectivity index (χ1) is 8.43. The SMILES string of the molecule is CCCc1ccc(CCNC(=O)C(F)(F)F)cc1. The van der Waals surface area contributed by atoms with Crippen molar-refractivity contribution < 1.29 is 18.0 Å². The third-order valence-corrected chi connectivity index (χ3v) is 2.52. The summed E-state index contributed by atoms with van der Waals surface area (Å²) < 4.78 is 35.7. The number of alkyl halides is 3. The molecule has 18 heavy (non-hydrogen) atoms. The Morgan fingerprint density at radius 2 is 1.61 bits per heavy atom. The molecule has 1 aromatic carbocycles. The predicted octanol–water partition coefficient (Wildman–Crippen LogP) is 2.86. The second-order valence-corrected chi connectivity index (χ2v) is 4.07. The van der Waals surface area contributed by atoms with Gasteiger partial charge in [-0.15, -0.1) is 0 Å². The van der Waals surface area contributed by atoms with Gasteiger partial charge in [0.2, 0.25) is 0 Å². The Labute approximate surface area is 104 Å². The van der Waals surface area contributed by atoms with Crippen molar-refractivity contribution in [2.45, 2.75) is 32.4 Å². The molecule has 1 amide bonds. The van der Waals surface area contributed by atoms with E-state index in [1.807, 2.05) is 29.6 Å². The molecule has 0 spiro atoms. The number of rotatable bonds is 5. The van der Waals surface area contributed by atoms with E-state index in [9.17, 15) is 18.0 Å². The number of halogens is 3. The summed E-state index contributed by atoms with van der Waals surface area (Å²) in [5.74, 6) is -1.88. The molecule has 0 bridgehead atoms. The van der Waals surface area contributed by atoms with Crippen molar-refractivity contribution in [3.05, 3.63) is 35.4 Å². The van der Waals surface area contributed by atoms with Gasteiger partial charge in [0.05, 0.1) is 0 Å². The minimum absolute atomic E-state index is 0.00846. The molecule has 0 aromatic heterocycles. The molecule has 100 valence electrons. The Morgan fingerprint density at radius 3 is 2.06 bits per heavy atom. The molecule has 1 N–H and O–H groups in total. The van der Waals surface area contributed by atoms with E-state index in [4.69, 9.17) is 0 Å². The number of hydrogen-bond acceptors (Lipinski definition) is 1. The summed E-state index contributed by atoms with van der Waals surface area (Å²) in [5, 5.41) is 1.85. The van der Waals surface area contributed by atoms with Crippen molar-refractivity contribution in [3.8, 4) is 0 Å². The van der Waals surface area contributed by atoms with Gasteiger partial charge in [0.25, 0.3) is 0 Å². The summed E-state index contributed by atoms with van der Waals surface area (Å²) in [6.07, 6.45) is -2.36. The summed E-state index contributed by atoms with van der Waals surface area (Å²) in [4.78, 5) is 10.6. The Morgan fingerprint density at radius 1 is 1.11 bits per heavy atom. The van der Waals surface area contributed by atoms with E-state index >= 15 is 0 Å². The van der Waals surface area contributed by atoms with Gasteiger partial charge in [-0.1, -0.05) is 37.6 Å². The molecular weight excluding hydrogens is 243 g/mol. The Kier molecular flexibility index (Phi) is 5.19. The maximum absolute atomic E-state index is 11.9. The summed E-state index contributed by atoms with van der Waals surface area (Å²) in [6.45, 7) is 2.08. The zero-order chi connectivity index (χ0) is 13.6. The van der Waals surface area contributed by atoms with E-state index in [-0.39, 0.29) is 6.54 Å². The van der Waals surface area contributed by atoms with Gasteiger partial charge in [-0.25, -0.2) is 0 Å². The number of carbonyl (C=O) groups excluding carboxylic acids is 1. The summed E-state index contributed by atoms with van der Waals surface area (Å²) in [6, 6.07) is 7.68. The van der Waals surface area contributed by atoms with Crippen LogP contribution in [0, 0.1) is 0 Å². The van der Waals surface area contributed by atoms with Crippen LogP contribution in [0.2, 0.25) is 0 Å². The molecule has 0 unspecified atom stereocenters. The molecule has 0 saturated heterocycles. The summed E-state index contributed by atoms with van der Waals surface area (Å²) in [7, 11) is 0. The highest BCUT2D eigenvalue weighted by Gasteiger charge is 2.38. The van der Waals surface area contributed by atoms with E-state index in [2.05, 4.69) is 6.92 Å². The molecule has 1 rings (SSSR count). The van der Waals surface area contributed by atoms with Crippen LogP contribution in [0.15, 0.2) is 24.3 Å². The van der Waals surface area contributed by atoms with Crippen molar-refractivity contribution in [2.24, 2.45) is 0 Å². The van der Waals surface area contributed by atoms with Gasteiger partial charge in [-0.2, -0.15) is 13.2 Å². The maximum atomic E-state index is 11.9. The van der Waals surface area contributed by atoms with Crippen LogP contribution in [0.5, 0.6) is 0 Å². The van der Waals surface area contributed by atoms with Crippen LogP contribution in [-0.2, 0) is 17.6 Å². The van der Waals surface area contributed by atoms with Crippen LogP contribution in [0.4, 0.5) is 13.2 Å². The predicted molar refractivity (Wildman–Crippen MR) is 63.2 cm³/mol.